The molecule has 5 N–H and O–H groups in total. The number of carbonyl (C=O) groups excluding carboxylic acids is 1. The standard InChI is InChI=1S/C41H46N6O7S2/c1-24-6-14-36(56-24)41(52,35-5-3-18-55-35)40(51)54-27-9-7-26(8-10-27)46(2)16-4-17-47-39-31-23-53-22-30(31)25(19-32(39)44-45-47)20-42-21-34(49)28-11-13-33(48)38-29(28)12-15-37(50)43-38/h3,5-6,11-15,18-19,26-27,34,42,48-49,52H,4,7-10,16-17,20-23H2,1-2H3,(H,43,50)/t26?,27?,34-,41?/m0/s1. The number of nitrogens with zero attached hydrogens (tertiary/aromatic N) is 4. The van der Waals surface area contributed by atoms with Gasteiger partial charge in [0.05, 0.1) is 40.1 Å². The Labute approximate surface area is 331 Å². The Morgan fingerprint density at radius 2 is 1.95 bits per heavy atom. The Kier molecular flexibility index (Phi) is 11.1. The predicted octanol–water partition coefficient (Wildman–Crippen LogP) is 5.38. The van der Waals surface area contributed by atoms with Gasteiger partial charge >= 0.3 is 5.97 Å². The molecule has 1 aliphatic carbocycles. The van der Waals surface area contributed by atoms with Crippen molar-refractivity contribution in [2.24, 2.45) is 0 Å². The average Bonchev–Trinajstić information content (AvgIpc) is 4.03. The number of aromatic hydroxyl groups is 1. The molecule has 1 aliphatic heterocycles. The van der Waals surface area contributed by atoms with Crippen LogP contribution in [-0.2, 0) is 46.2 Å². The van der Waals surface area contributed by atoms with E-state index in [-0.39, 0.29) is 24.0 Å². The van der Waals surface area contributed by atoms with Crippen LogP contribution in [0.5, 0.6) is 5.75 Å². The molecule has 0 saturated heterocycles. The highest BCUT2D eigenvalue weighted by molar-refractivity contribution is 7.13. The number of hydrogen-bond acceptors (Lipinski definition) is 13. The maximum Gasteiger partial charge on any atom is 0.349 e. The van der Waals surface area contributed by atoms with Gasteiger partial charge in [0.25, 0.3) is 0 Å². The number of aromatic nitrogens is 4. The van der Waals surface area contributed by atoms with Crippen LogP contribution in [0.2, 0.25) is 0 Å². The third kappa shape index (κ3) is 7.52. The summed E-state index contributed by atoms with van der Waals surface area (Å²) in [5, 5.41) is 47.9. The lowest BCUT2D eigenvalue weighted by atomic mass is 9.91. The molecule has 13 nitrogen and oxygen atoms in total. The molecule has 2 aromatic carbocycles. The SMILES string of the molecule is Cc1ccc(C(O)(C(=O)OC2CCC(N(C)CCCn3nnc4cc(CNC[C@H](O)c5ccc(O)c6[nH]c(=O)ccc56)c5c(c43)COC5)CC2)c2cccs2)s1. The number of aryl methyl sites for hydroxylation is 2. The molecule has 0 bridgehead atoms. The summed E-state index contributed by atoms with van der Waals surface area (Å²) in [6.45, 7) is 5.28. The average molecular weight is 799 g/mol. The molecule has 0 spiro atoms. The van der Waals surface area contributed by atoms with Gasteiger partial charge in [-0.05, 0) is 111 Å². The maximum absolute atomic E-state index is 13.5. The minimum Gasteiger partial charge on any atom is -0.506 e. The van der Waals surface area contributed by atoms with Crippen molar-refractivity contribution in [3.05, 3.63) is 107 Å². The smallest absolute Gasteiger partial charge is 0.349 e. The van der Waals surface area contributed by atoms with Crippen molar-refractivity contribution in [2.75, 3.05) is 20.1 Å². The van der Waals surface area contributed by atoms with Gasteiger partial charge in [-0.3, -0.25) is 4.79 Å². The topological polar surface area (TPSA) is 175 Å². The summed E-state index contributed by atoms with van der Waals surface area (Å²) in [6, 6.07) is 15.9. The monoisotopic (exact) mass is 798 g/mol. The van der Waals surface area contributed by atoms with E-state index < -0.39 is 17.7 Å². The first-order valence-electron chi connectivity index (χ1n) is 19.0. The van der Waals surface area contributed by atoms with Crippen molar-refractivity contribution in [3.63, 3.8) is 0 Å². The molecule has 5 heterocycles. The Morgan fingerprint density at radius 3 is 2.71 bits per heavy atom. The highest BCUT2D eigenvalue weighted by Crippen LogP contribution is 2.39. The van der Waals surface area contributed by atoms with E-state index in [1.807, 2.05) is 41.3 Å². The number of thiophene rings is 2. The van der Waals surface area contributed by atoms with Gasteiger partial charge in [0, 0.05) is 47.6 Å². The third-order valence-corrected chi connectivity index (χ3v) is 13.3. The molecule has 56 heavy (non-hydrogen) atoms. The number of carbonyl (C=O) groups is 1. The minimum atomic E-state index is -1.79. The third-order valence-electron chi connectivity index (χ3n) is 11.2. The summed E-state index contributed by atoms with van der Waals surface area (Å²) in [5.41, 5.74) is 3.85. The first-order chi connectivity index (χ1) is 27.1. The highest BCUT2D eigenvalue weighted by atomic mass is 32.1. The van der Waals surface area contributed by atoms with Crippen LogP contribution in [-0.4, -0.2) is 78.4 Å². The molecule has 1 saturated carbocycles. The Bertz CT molecular complexity index is 2400. The second-order valence-electron chi connectivity index (χ2n) is 14.9. The number of ether oxygens (including phenoxy) is 2. The molecule has 1 fully saturated rings. The molecule has 1 unspecified atom stereocenters. The summed E-state index contributed by atoms with van der Waals surface area (Å²) >= 11 is 2.77. The molecule has 6 aromatic rings. The van der Waals surface area contributed by atoms with Crippen LogP contribution in [0.15, 0.2) is 64.8 Å². The number of aliphatic hydroxyl groups is 2. The number of benzene rings is 2. The molecule has 0 amide bonds. The van der Waals surface area contributed by atoms with Crippen molar-refractivity contribution in [2.45, 2.75) is 89.2 Å². The van der Waals surface area contributed by atoms with Gasteiger partial charge in [0.2, 0.25) is 11.2 Å². The van der Waals surface area contributed by atoms with E-state index >= 15 is 0 Å². The number of aliphatic hydroxyl groups excluding tert-OH is 1. The highest BCUT2D eigenvalue weighted by Gasteiger charge is 2.45. The molecule has 8 rings (SSSR count). The van der Waals surface area contributed by atoms with E-state index in [0.29, 0.717) is 58.6 Å². The molecule has 294 valence electrons. The van der Waals surface area contributed by atoms with E-state index in [1.165, 1.54) is 34.8 Å². The molecule has 4 aromatic heterocycles. The Balaban J connectivity index is 0.843. The van der Waals surface area contributed by atoms with E-state index in [0.717, 1.165) is 71.2 Å². The molecule has 2 atom stereocenters. The normalized spacial score (nSPS) is 18.7. The Morgan fingerprint density at radius 1 is 1.12 bits per heavy atom. The number of rotatable bonds is 14. The second-order valence-corrected chi connectivity index (χ2v) is 17.1. The number of aromatic amines is 1. The second kappa shape index (κ2) is 16.2. The lowest BCUT2D eigenvalue weighted by molar-refractivity contribution is -0.169. The number of pyridine rings is 1. The van der Waals surface area contributed by atoms with E-state index in [2.05, 4.69) is 32.6 Å². The first kappa shape index (κ1) is 38.4. The fourth-order valence-corrected chi connectivity index (χ4v) is 10.0. The molecular formula is C41H46N6O7S2. The van der Waals surface area contributed by atoms with Gasteiger partial charge in [0.1, 0.15) is 17.4 Å². The van der Waals surface area contributed by atoms with Crippen LogP contribution in [0.3, 0.4) is 0 Å². The van der Waals surface area contributed by atoms with Gasteiger partial charge in [0.15, 0.2) is 0 Å². The number of fused-ring (bicyclic) bond motifs is 4. The van der Waals surface area contributed by atoms with Crippen LogP contribution in [0.1, 0.15) is 75.1 Å². The summed E-state index contributed by atoms with van der Waals surface area (Å²) in [5.74, 6) is -0.645. The number of esters is 1. The van der Waals surface area contributed by atoms with Crippen molar-refractivity contribution in [1.82, 2.24) is 30.2 Å². The summed E-state index contributed by atoms with van der Waals surface area (Å²) in [7, 11) is 2.15. The van der Waals surface area contributed by atoms with E-state index in [1.54, 1.807) is 18.2 Å². The summed E-state index contributed by atoms with van der Waals surface area (Å²) in [4.78, 5) is 32.6. The van der Waals surface area contributed by atoms with Crippen LogP contribution < -0.4 is 10.9 Å². The van der Waals surface area contributed by atoms with Crippen molar-refractivity contribution >= 4 is 50.6 Å². The minimum absolute atomic E-state index is 0.0455. The van der Waals surface area contributed by atoms with Gasteiger partial charge in [-0.25, -0.2) is 9.48 Å². The van der Waals surface area contributed by atoms with Crippen LogP contribution in [0.25, 0.3) is 21.9 Å². The molecule has 0 radical (unpaired) electrons. The Hall–Kier alpha value is -4.48. The summed E-state index contributed by atoms with van der Waals surface area (Å²) < 4.78 is 13.9. The zero-order valence-electron chi connectivity index (χ0n) is 31.4. The van der Waals surface area contributed by atoms with E-state index in [4.69, 9.17) is 9.47 Å². The zero-order chi connectivity index (χ0) is 39.0. The summed E-state index contributed by atoms with van der Waals surface area (Å²) in [6.07, 6.45) is 3.08. The van der Waals surface area contributed by atoms with Crippen molar-refractivity contribution in [3.8, 4) is 5.75 Å². The first-order valence-corrected chi connectivity index (χ1v) is 20.7. The fraction of sp³-hybridized carbons (Fsp3) is 0.415. The number of hydrogen-bond donors (Lipinski definition) is 5. The van der Waals surface area contributed by atoms with Gasteiger partial charge in [-0.1, -0.05) is 17.3 Å². The van der Waals surface area contributed by atoms with Gasteiger partial charge in [-0.2, -0.15) is 0 Å². The maximum atomic E-state index is 13.5. The van der Waals surface area contributed by atoms with Gasteiger partial charge < -0.3 is 40.0 Å². The largest absolute Gasteiger partial charge is 0.506 e. The van der Waals surface area contributed by atoms with Gasteiger partial charge in [-0.15, -0.1) is 27.8 Å². The quantitative estimate of drug-likeness (QED) is 0.0896. The lowest BCUT2D eigenvalue weighted by Crippen LogP contribution is -2.42. The van der Waals surface area contributed by atoms with Crippen LogP contribution in [0, 0.1) is 6.92 Å². The number of nitrogens with one attached hydrogen (secondary N) is 2. The fourth-order valence-electron chi connectivity index (χ4n) is 8.16. The lowest BCUT2D eigenvalue weighted by Gasteiger charge is -2.35. The van der Waals surface area contributed by atoms with E-state index in [9.17, 15) is 24.9 Å². The zero-order valence-corrected chi connectivity index (χ0v) is 33.0. The van der Waals surface area contributed by atoms with Crippen LogP contribution >= 0.6 is 22.7 Å². The molecule has 2 aliphatic rings. The number of phenolic OH excluding ortho intramolecular Hbond substituents is 1. The predicted molar refractivity (Wildman–Crippen MR) is 215 cm³/mol. The van der Waals surface area contributed by atoms with Crippen LogP contribution in [0.4, 0.5) is 0 Å². The van der Waals surface area contributed by atoms with Crippen molar-refractivity contribution in [1.29, 1.82) is 0 Å². The molecule has 15 heteroatoms. The molecular weight excluding hydrogens is 753 g/mol. The number of H-pyrrole nitrogens is 1. The van der Waals surface area contributed by atoms with Crippen molar-refractivity contribution < 1.29 is 29.6 Å². The number of phenols is 1.